The van der Waals surface area contributed by atoms with Gasteiger partial charge in [-0.3, -0.25) is 4.90 Å². The van der Waals surface area contributed by atoms with Crippen molar-refractivity contribution in [3.05, 3.63) is 0 Å². The monoisotopic (exact) mass is 322 g/mol. The highest BCUT2D eigenvalue weighted by Gasteiger charge is 2.35. The van der Waals surface area contributed by atoms with E-state index in [2.05, 4.69) is 37.9 Å². The summed E-state index contributed by atoms with van der Waals surface area (Å²) < 4.78 is 24.5. The fraction of sp³-hybridized carbons (Fsp3) is 1.00. The van der Waals surface area contributed by atoms with Gasteiger partial charge in [0.05, 0.1) is 0 Å². The summed E-state index contributed by atoms with van der Waals surface area (Å²) in [5.74, 6) is 1.98. The summed E-state index contributed by atoms with van der Waals surface area (Å²) in [5, 5.41) is 3.16. The molecule has 4 nitrogen and oxygen atoms in total. The van der Waals surface area contributed by atoms with Crippen LogP contribution in [0.5, 0.6) is 0 Å². The molecule has 6 heteroatoms. The first-order valence-electron chi connectivity index (χ1n) is 7.45. The van der Waals surface area contributed by atoms with Crippen molar-refractivity contribution < 1.29 is 8.42 Å². The Bertz CT molecular complexity index is 394. The van der Waals surface area contributed by atoms with Gasteiger partial charge in [0.1, 0.15) is 5.37 Å². The molecule has 1 fully saturated rings. The van der Waals surface area contributed by atoms with Crippen LogP contribution in [0, 0.1) is 5.41 Å². The molecule has 1 N–H and O–H groups in total. The zero-order valence-electron chi connectivity index (χ0n) is 13.5. The van der Waals surface area contributed by atoms with Gasteiger partial charge >= 0.3 is 0 Å². The first-order valence-corrected chi connectivity index (χ1v) is 10.3. The van der Waals surface area contributed by atoms with Crippen LogP contribution in [0.2, 0.25) is 0 Å². The van der Waals surface area contributed by atoms with Crippen molar-refractivity contribution in [2.24, 2.45) is 5.41 Å². The summed E-state index contributed by atoms with van der Waals surface area (Å²) in [6.45, 7) is 13.1. The number of nitrogens with zero attached hydrogens (tertiary/aromatic N) is 1. The van der Waals surface area contributed by atoms with E-state index in [0.717, 1.165) is 25.4 Å². The Hall–Kier alpha value is 0.220. The predicted molar refractivity (Wildman–Crippen MR) is 89.1 cm³/mol. The maximum Gasteiger partial charge on any atom is 0.166 e. The lowest BCUT2D eigenvalue weighted by molar-refractivity contribution is 0.168. The van der Waals surface area contributed by atoms with Crippen LogP contribution in [0.4, 0.5) is 0 Å². The van der Waals surface area contributed by atoms with Gasteiger partial charge in [-0.1, -0.05) is 34.6 Å². The van der Waals surface area contributed by atoms with E-state index in [1.807, 2.05) is 0 Å². The molecule has 120 valence electrons. The quantitative estimate of drug-likeness (QED) is 0.775. The average Bonchev–Trinajstić information content (AvgIpc) is 2.36. The second-order valence-corrected chi connectivity index (χ2v) is 10.2. The summed E-state index contributed by atoms with van der Waals surface area (Å²) >= 11 is 1.76. The highest BCUT2D eigenvalue weighted by molar-refractivity contribution is 8.01. The van der Waals surface area contributed by atoms with E-state index in [1.54, 1.807) is 18.7 Å². The molecule has 20 heavy (non-hydrogen) atoms. The minimum absolute atomic E-state index is 0.0772. The van der Waals surface area contributed by atoms with Crippen molar-refractivity contribution in [2.75, 3.05) is 36.9 Å². The third kappa shape index (κ3) is 5.54. The van der Waals surface area contributed by atoms with Crippen LogP contribution in [-0.2, 0) is 9.84 Å². The topological polar surface area (TPSA) is 49.4 Å². The lowest BCUT2D eigenvalue weighted by Gasteiger charge is -2.40. The molecule has 1 unspecified atom stereocenters. The van der Waals surface area contributed by atoms with Gasteiger partial charge in [0.2, 0.25) is 0 Å². The highest BCUT2D eigenvalue weighted by atomic mass is 32.2. The standard InChI is InChI=1S/C14H30N2O2S2/c1-6-20(17,18)13-9-19-8-7-16(13)11-14(4,5)10-15-12(2)3/h12-13,15H,6-11H2,1-5H3. The Morgan fingerprint density at radius 2 is 2.05 bits per heavy atom. The number of rotatable bonds is 7. The maximum absolute atomic E-state index is 12.2. The Morgan fingerprint density at radius 3 is 2.60 bits per heavy atom. The number of nitrogens with one attached hydrogen (secondary N) is 1. The average molecular weight is 323 g/mol. The van der Waals surface area contributed by atoms with Crippen LogP contribution in [0.3, 0.4) is 0 Å². The van der Waals surface area contributed by atoms with Crippen molar-refractivity contribution >= 4 is 21.6 Å². The van der Waals surface area contributed by atoms with Crippen LogP contribution in [0.25, 0.3) is 0 Å². The molecule has 0 aromatic rings. The molecular formula is C14H30N2O2S2. The molecule has 0 aromatic carbocycles. The van der Waals surface area contributed by atoms with Gasteiger partial charge in [0.25, 0.3) is 0 Å². The third-order valence-corrected chi connectivity index (χ3v) is 6.96. The fourth-order valence-electron chi connectivity index (χ4n) is 2.41. The van der Waals surface area contributed by atoms with Crippen molar-refractivity contribution in [3.63, 3.8) is 0 Å². The van der Waals surface area contributed by atoms with Gasteiger partial charge in [-0.05, 0) is 5.41 Å². The van der Waals surface area contributed by atoms with E-state index in [0.29, 0.717) is 11.8 Å². The fourth-order valence-corrected chi connectivity index (χ4v) is 5.49. The van der Waals surface area contributed by atoms with E-state index in [4.69, 9.17) is 0 Å². The SMILES string of the molecule is CCS(=O)(=O)C1CSCCN1CC(C)(C)CNC(C)C. The minimum Gasteiger partial charge on any atom is -0.314 e. The molecule has 1 saturated heterocycles. The van der Waals surface area contributed by atoms with Gasteiger partial charge in [-0.25, -0.2) is 8.42 Å². The van der Waals surface area contributed by atoms with E-state index >= 15 is 0 Å². The molecule has 1 aliphatic rings. The number of sulfone groups is 1. The molecule has 0 amide bonds. The Morgan fingerprint density at radius 1 is 1.40 bits per heavy atom. The van der Waals surface area contributed by atoms with Crippen LogP contribution in [-0.4, -0.2) is 61.6 Å². The number of hydrogen-bond acceptors (Lipinski definition) is 5. The second-order valence-electron chi connectivity index (χ2n) is 6.65. The summed E-state index contributed by atoms with van der Waals surface area (Å²) in [6, 6.07) is 0.460. The molecule has 0 radical (unpaired) electrons. The van der Waals surface area contributed by atoms with Gasteiger partial charge in [-0.15, -0.1) is 0 Å². The lowest BCUT2D eigenvalue weighted by Crippen LogP contribution is -2.52. The molecule has 0 aromatic heterocycles. The molecule has 0 bridgehead atoms. The molecule has 0 spiro atoms. The zero-order chi connectivity index (χ0) is 15.4. The van der Waals surface area contributed by atoms with Crippen molar-refractivity contribution in [1.82, 2.24) is 10.2 Å². The second kappa shape index (κ2) is 7.47. The molecule has 1 aliphatic heterocycles. The van der Waals surface area contributed by atoms with Crippen LogP contribution >= 0.6 is 11.8 Å². The van der Waals surface area contributed by atoms with Gasteiger partial charge < -0.3 is 5.32 Å². The van der Waals surface area contributed by atoms with Crippen LogP contribution in [0.15, 0.2) is 0 Å². The van der Waals surface area contributed by atoms with E-state index in [9.17, 15) is 8.42 Å². The number of thioether (sulfide) groups is 1. The number of hydrogen-bond donors (Lipinski definition) is 1. The van der Waals surface area contributed by atoms with Crippen LogP contribution in [0.1, 0.15) is 34.6 Å². The molecule has 1 rings (SSSR count). The highest BCUT2D eigenvalue weighted by Crippen LogP contribution is 2.26. The van der Waals surface area contributed by atoms with Crippen molar-refractivity contribution in [2.45, 2.75) is 46.0 Å². The lowest BCUT2D eigenvalue weighted by atomic mass is 9.92. The van der Waals surface area contributed by atoms with E-state index < -0.39 is 9.84 Å². The van der Waals surface area contributed by atoms with Gasteiger partial charge in [-0.2, -0.15) is 11.8 Å². The van der Waals surface area contributed by atoms with Crippen molar-refractivity contribution in [1.29, 1.82) is 0 Å². The minimum atomic E-state index is -2.99. The predicted octanol–water partition coefficient (Wildman–Crippen LogP) is 1.82. The molecular weight excluding hydrogens is 292 g/mol. The van der Waals surface area contributed by atoms with Crippen LogP contribution < -0.4 is 5.32 Å². The summed E-state index contributed by atoms with van der Waals surface area (Å²) in [5.41, 5.74) is 0.0772. The molecule has 1 heterocycles. The first kappa shape index (κ1) is 18.3. The Balaban J connectivity index is 2.71. The van der Waals surface area contributed by atoms with E-state index in [1.165, 1.54) is 0 Å². The Labute approximate surface area is 129 Å². The molecule has 0 saturated carbocycles. The first-order chi connectivity index (χ1) is 9.18. The van der Waals surface area contributed by atoms with Crippen molar-refractivity contribution in [3.8, 4) is 0 Å². The Kier molecular flexibility index (Phi) is 6.83. The summed E-state index contributed by atoms with van der Waals surface area (Å²) in [4.78, 5) is 2.18. The smallest absolute Gasteiger partial charge is 0.166 e. The van der Waals surface area contributed by atoms with E-state index in [-0.39, 0.29) is 16.5 Å². The maximum atomic E-state index is 12.2. The molecule has 0 aliphatic carbocycles. The van der Waals surface area contributed by atoms with Gasteiger partial charge in [0.15, 0.2) is 9.84 Å². The zero-order valence-corrected chi connectivity index (χ0v) is 15.1. The summed E-state index contributed by atoms with van der Waals surface area (Å²) in [7, 11) is -2.99. The third-order valence-electron chi connectivity index (χ3n) is 3.63. The van der Waals surface area contributed by atoms with Gasteiger partial charge in [0, 0.05) is 42.9 Å². The summed E-state index contributed by atoms with van der Waals surface area (Å²) in [6.07, 6.45) is 0. The molecule has 1 atom stereocenters. The normalized spacial score (nSPS) is 22.4. The largest absolute Gasteiger partial charge is 0.314 e.